The van der Waals surface area contributed by atoms with Gasteiger partial charge in [-0.25, -0.2) is 0 Å². The first-order valence-electron chi connectivity index (χ1n) is 10.8. The molecule has 4 heteroatoms. The van der Waals surface area contributed by atoms with Gasteiger partial charge in [-0.2, -0.15) is 0 Å². The van der Waals surface area contributed by atoms with Gasteiger partial charge in [0, 0.05) is 12.5 Å². The van der Waals surface area contributed by atoms with Crippen LogP contribution in [0, 0.1) is 5.92 Å². The van der Waals surface area contributed by atoms with Crippen molar-refractivity contribution < 1.29 is 14.3 Å². The third-order valence-corrected chi connectivity index (χ3v) is 5.69. The number of likely N-dealkylation sites (tertiary alicyclic amines) is 1. The van der Waals surface area contributed by atoms with E-state index in [2.05, 4.69) is 49.1 Å². The molecule has 0 spiro atoms. The van der Waals surface area contributed by atoms with Crippen molar-refractivity contribution >= 4 is 5.78 Å². The summed E-state index contributed by atoms with van der Waals surface area (Å²) in [7, 11) is 0. The van der Waals surface area contributed by atoms with Crippen LogP contribution in [0.25, 0.3) is 0 Å². The molecule has 2 aromatic rings. The predicted octanol–water partition coefficient (Wildman–Crippen LogP) is 5.29. The zero-order valence-corrected chi connectivity index (χ0v) is 17.7. The molecule has 0 aliphatic carbocycles. The van der Waals surface area contributed by atoms with Crippen LogP contribution in [0.4, 0.5) is 0 Å². The predicted molar refractivity (Wildman–Crippen MR) is 117 cm³/mol. The molecule has 1 aliphatic rings. The highest BCUT2D eigenvalue weighted by atomic mass is 16.5. The normalized spacial score (nSPS) is 16.3. The molecule has 1 saturated heterocycles. The number of rotatable bonds is 10. The minimum Gasteiger partial charge on any atom is -0.494 e. The number of ketones is 1. The zero-order valence-electron chi connectivity index (χ0n) is 17.7. The van der Waals surface area contributed by atoms with Crippen LogP contribution in [0.5, 0.6) is 11.5 Å². The summed E-state index contributed by atoms with van der Waals surface area (Å²) in [5.41, 5.74) is 1.36. The Bertz CT molecular complexity index is 736. The maximum Gasteiger partial charge on any atom is 0.170 e. The molecule has 2 aromatic carbocycles. The Labute approximate surface area is 174 Å². The summed E-state index contributed by atoms with van der Waals surface area (Å²) < 4.78 is 11.2. The summed E-state index contributed by atoms with van der Waals surface area (Å²) in [5.74, 6) is 2.21. The molecule has 1 heterocycles. The number of carbonyl (C=O) groups is 1. The van der Waals surface area contributed by atoms with Crippen LogP contribution in [0.3, 0.4) is 0 Å². The van der Waals surface area contributed by atoms with Crippen molar-refractivity contribution in [1.82, 2.24) is 4.90 Å². The molecule has 1 unspecified atom stereocenters. The van der Waals surface area contributed by atoms with E-state index in [9.17, 15) is 4.79 Å². The van der Waals surface area contributed by atoms with E-state index >= 15 is 0 Å². The van der Waals surface area contributed by atoms with Gasteiger partial charge in [0.1, 0.15) is 18.1 Å². The fourth-order valence-corrected chi connectivity index (χ4v) is 3.88. The number of benzene rings is 2. The molecule has 29 heavy (non-hydrogen) atoms. The highest BCUT2D eigenvalue weighted by Gasteiger charge is 2.25. The van der Waals surface area contributed by atoms with Crippen LogP contribution < -0.4 is 9.47 Å². The molecule has 0 aromatic heterocycles. The van der Waals surface area contributed by atoms with Crippen molar-refractivity contribution in [3.8, 4) is 11.5 Å². The van der Waals surface area contributed by atoms with Crippen molar-refractivity contribution in [2.24, 2.45) is 5.92 Å². The number of nitrogens with zero attached hydrogens (tertiary/aromatic N) is 1. The van der Waals surface area contributed by atoms with E-state index in [0.717, 1.165) is 38.1 Å². The Morgan fingerprint density at radius 2 is 1.62 bits per heavy atom. The lowest BCUT2D eigenvalue weighted by Gasteiger charge is -2.36. The lowest BCUT2D eigenvalue weighted by Crippen LogP contribution is -2.36. The highest BCUT2D eigenvalue weighted by Crippen LogP contribution is 2.28. The molecule has 0 bridgehead atoms. The van der Waals surface area contributed by atoms with Gasteiger partial charge >= 0.3 is 0 Å². The molecule has 0 radical (unpaired) electrons. The van der Waals surface area contributed by atoms with Crippen molar-refractivity contribution in [2.45, 2.75) is 45.6 Å². The maximum absolute atomic E-state index is 12.4. The second-order valence-electron chi connectivity index (χ2n) is 7.92. The molecular weight excluding hydrogens is 362 g/mol. The third-order valence-electron chi connectivity index (χ3n) is 5.69. The quantitative estimate of drug-likeness (QED) is 0.548. The second kappa shape index (κ2) is 11.0. The molecule has 4 nitrogen and oxygen atoms in total. The van der Waals surface area contributed by atoms with Gasteiger partial charge in [0.05, 0.1) is 6.61 Å². The Kier molecular flexibility index (Phi) is 8.12. The van der Waals surface area contributed by atoms with Crippen LogP contribution in [0.1, 0.15) is 51.1 Å². The molecule has 0 N–H and O–H groups in total. The van der Waals surface area contributed by atoms with Crippen LogP contribution in [0.2, 0.25) is 0 Å². The van der Waals surface area contributed by atoms with E-state index in [-0.39, 0.29) is 12.4 Å². The first-order valence-corrected chi connectivity index (χ1v) is 10.8. The van der Waals surface area contributed by atoms with Crippen LogP contribution in [0.15, 0.2) is 54.6 Å². The van der Waals surface area contributed by atoms with Crippen molar-refractivity contribution in [1.29, 1.82) is 0 Å². The van der Waals surface area contributed by atoms with Gasteiger partial charge < -0.3 is 9.47 Å². The summed E-state index contributed by atoms with van der Waals surface area (Å²) in [6.07, 6.45) is 3.75. The van der Waals surface area contributed by atoms with Crippen LogP contribution in [-0.4, -0.2) is 37.0 Å². The average molecular weight is 396 g/mol. The van der Waals surface area contributed by atoms with Crippen molar-refractivity contribution in [2.75, 3.05) is 26.3 Å². The fourth-order valence-electron chi connectivity index (χ4n) is 3.88. The van der Waals surface area contributed by atoms with Gasteiger partial charge in [-0.3, -0.25) is 9.69 Å². The van der Waals surface area contributed by atoms with E-state index < -0.39 is 0 Å². The standard InChI is InChI=1S/C25H33NO3/c1-3-17-28-24-9-11-25(12-10-24)29-19-23(27)18-21-13-15-26(16-14-21)20(2)22-7-5-4-6-8-22/h4-12,20-21H,3,13-19H2,1-2H3. The largest absolute Gasteiger partial charge is 0.494 e. The molecule has 1 atom stereocenters. The molecule has 1 aliphatic heterocycles. The third kappa shape index (κ3) is 6.60. The Balaban J connectivity index is 1.37. The fraction of sp³-hybridized carbons (Fsp3) is 0.480. The first-order chi connectivity index (χ1) is 14.2. The lowest BCUT2D eigenvalue weighted by atomic mass is 9.90. The zero-order chi connectivity index (χ0) is 20.5. The van der Waals surface area contributed by atoms with Crippen LogP contribution in [-0.2, 0) is 4.79 Å². The van der Waals surface area contributed by atoms with Gasteiger partial charge in [0.25, 0.3) is 0 Å². The van der Waals surface area contributed by atoms with Gasteiger partial charge in [-0.1, -0.05) is 37.3 Å². The van der Waals surface area contributed by atoms with E-state index in [1.54, 1.807) is 0 Å². The number of ether oxygens (including phenoxy) is 2. The van der Waals surface area contributed by atoms with E-state index in [4.69, 9.17) is 9.47 Å². The summed E-state index contributed by atoms with van der Waals surface area (Å²) >= 11 is 0. The molecule has 0 amide bonds. The van der Waals surface area contributed by atoms with Gasteiger partial charge in [-0.15, -0.1) is 0 Å². The van der Waals surface area contributed by atoms with Crippen molar-refractivity contribution in [3.05, 3.63) is 60.2 Å². The SMILES string of the molecule is CCCOc1ccc(OCC(=O)CC2CCN(C(C)c3ccccc3)CC2)cc1. The van der Waals surface area contributed by atoms with E-state index in [1.807, 2.05) is 24.3 Å². The molecular formula is C25H33NO3. The Morgan fingerprint density at radius 1 is 1.00 bits per heavy atom. The maximum atomic E-state index is 12.4. The molecule has 156 valence electrons. The van der Waals surface area contributed by atoms with Gasteiger partial charge in [-0.05, 0) is 75.0 Å². The van der Waals surface area contributed by atoms with Crippen molar-refractivity contribution in [3.63, 3.8) is 0 Å². The minimum absolute atomic E-state index is 0.149. The minimum atomic E-state index is 0.149. The smallest absolute Gasteiger partial charge is 0.170 e. The van der Waals surface area contributed by atoms with E-state index in [0.29, 0.717) is 30.7 Å². The number of piperidine rings is 1. The molecule has 1 fully saturated rings. The highest BCUT2D eigenvalue weighted by molar-refractivity contribution is 5.80. The monoisotopic (exact) mass is 395 g/mol. The summed E-state index contributed by atoms with van der Waals surface area (Å²) in [5, 5.41) is 0. The Hall–Kier alpha value is -2.33. The summed E-state index contributed by atoms with van der Waals surface area (Å²) in [6.45, 7) is 7.31. The topological polar surface area (TPSA) is 38.8 Å². The summed E-state index contributed by atoms with van der Waals surface area (Å²) in [4.78, 5) is 14.9. The number of Topliss-reactive ketones (excluding diaryl/α,β-unsaturated/α-hetero) is 1. The molecule has 0 saturated carbocycles. The van der Waals surface area contributed by atoms with Gasteiger partial charge in [0.15, 0.2) is 5.78 Å². The van der Waals surface area contributed by atoms with E-state index in [1.165, 1.54) is 5.56 Å². The van der Waals surface area contributed by atoms with Gasteiger partial charge in [0.2, 0.25) is 0 Å². The number of hydrogen-bond acceptors (Lipinski definition) is 4. The summed E-state index contributed by atoms with van der Waals surface area (Å²) in [6, 6.07) is 18.6. The Morgan fingerprint density at radius 3 is 2.24 bits per heavy atom. The molecule has 3 rings (SSSR count). The lowest BCUT2D eigenvalue weighted by molar-refractivity contribution is -0.122. The number of hydrogen-bond donors (Lipinski definition) is 0. The van der Waals surface area contributed by atoms with Crippen LogP contribution >= 0.6 is 0 Å². The second-order valence-corrected chi connectivity index (χ2v) is 7.92. The average Bonchev–Trinajstić information content (AvgIpc) is 2.77. The number of carbonyl (C=O) groups excluding carboxylic acids is 1. The first kappa shape index (κ1) is 21.4.